The molecule has 0 spiro atoms. The van der Waals surface area contributed by atoms with Crippen molar-refractivity contribution in [2.45, 2.75) is 70.4 Å². The van der Waals surface area contributed by atoms with Crippen LogP contribution in [0.5, 0.6) is 5.75 Å². The molecule has 0 radical (unpaired) electrons. The number of aliphatic hydroxyl groups is 1. The van der Waals surface area contributed by atoms with Gasteiger partial charge in [-0.1, -0.05) is 11.3 Å². The number of aromatic nitrogens is 2. The number of benzene rings is 1. The fourth-order valence-corrected chi connectivity index (χ4v) is 6.05. The maximum absolute atomic E-state index is 14.6. The van der Waals surface area contributed by atoms with E-state index in [1.165, 1.54) is 28.7 Å². The van der Waals surface area contributed by atoms with Gasteiger partial charge in [-0.05, 0) is 53.2 Å². The molecule has 6 rings (SSSR count). The first-order valence-electron chi connectivity index (χ1n) is 11.6. The summed E-state index contributed by atoms with van der Waals surface area (Å²) in [6, 6.07) is 3.13. The van der Waals surface area contributed by atoms with E-state index >= 15 is 0 Å². The van der Waals surface area contributed by atoms with Crippen LogP contribution in [0.15, 0.2) is 23.0 Å². The number of ether oxygens (including phenoxy) is 2. The maximum atomic E-state index is 14.6. The van der Waals surface area contributed by atoms with Gasteiger partial charge in [-0.3, -0.25) is 4.90 Å². The van der Waals surface area contributed by atoms with Crippen molar-refractivity contribution in [1.29, 1.82) is 0 Å². The van der Waals surface area contributed by atoms with E-state index in [1.807, 2.05) is 26.2 Å². The number of halogens is 2. The van der Waals surface area contributed by atoms with Crippen LogP contribution in [0.4, 0.5) is 18.7 Å². The second-order valence-electron chi connectivity index (χ2n) is 10.7. The number of carbonyl (C=O) groups excluding carboxylic acids is 1. The largest absolute Gasteiger partial charge is 0.444 e. The Morgan fingerprint density at radius 1 is 1.17 bits per heavy atom. The van der Waals surface area contributed by atoms with Gasteiger partial charge in [0.05, 0.1) is 28.0 Å². The first kappa shape index (κ1) is 25.1. The summed E-state index contributed by atoms with van der Waals surface area (Å²) in [4.78, 5) is 25.6. The fourth-order valence-electron chi connectivity index (χ4n) is 4.38. The third kappa shape index (κ3) is 4.50. The lowest BCUT2D eigenvalue weighted by atomic mass is 9.88. The standard InChI is InChI=1S/C24H28F2N4O4S2/c1-22(2,3)34-21(31)30-13-8-14(30)10-29(9-13)20-28-18-17(33-24(25,26)23(4,5)32)7-6-15(19(18)36-20)16-11-35-12-27-16/h6-7,11-14,32H,8-10H2,1-5H3. The molecule has 3 aliphatic heterocycles. The Kier molecular flexibility index (Phi) is 5.92. The lowest BCUT2D eigenvalue weighted by Crippen LogP contribution is -2.70. The number of thiazole rings is 2. The number of rotatable bonds is 5. The smallest absolute Gasteiger partial charge is 0.426 e. The number of hydrogen-bond acceptors (Lipinski definition) is 9. The van der Waals surface area contributed by atoms with Crippen molar-refractivity contribution in [2.75, 3.05) is 18.0 Å². The Balaban J connectivity index is 1.46. The highest BCUT2D eigenvalue weighted by Crippen LogP contribution is 2.45. The molecule has 2 aromatic heterocycles. The molecule has 3 aromatic rings. The normalized spacial score (nSPS) is 20.4. The summed E-state index contributed by atoms with van der Waals surface area (Å²) in [6.07, 6.45) is -3.26. The topological polar surface area (TPSA) is 88.0 Å². The zero-order valence-corrected chi connectivity index (χ0v) is 22.3. The molecule has 0 saturated carbocycles. The summed E-state index contributed by atoms with van der Waals surface area (Å²) in [7, 11) is 0. The van der Waals surface area contributed by atoms with Crippen LogP contribution < -0.4 is 9.64 Å². The summed E-state index contributed by atoms with van der Waals surface area (Å²) >= 11 is 2.81. The lowest BCUT2D eigenvalue weighted by Gasteiger charge is -2.55. The third-order valence-electron chi connectivity index (χ3n) is 6.22. The molecule has 194 valence electrons. The van der Waals surface area contributed by atoms with Gasteiger partial charge in [0.2, 0.25) is 0 Å². The number of piperazine rings is 1. The van der Waals surface area contributed by atoms with Crippen LogP contribution in [0, 0.1) is 0 Å². The van der Waals surface area contributed by atoms with Gasteiger partial charge in [-0.15, -0.1) is 11.3 Å². The van der Waals surface area contributed by atoms with Crippen molar-refractivity contribution < 1.29 is 28.2 Å². The van der Waals surface area contributed by atoms with E-state index in [9.17, 15) is 18.7 Å². The summed E-state index contributed by atoms with van der Waals surface area (Å²) in [5.74, 6) is -0.115. The first-order chi connectivity index (χ1) is 16.7. The summed E-state index contributed by atoms with van der Waals surface area (Å²) in [5.41, 5.74) is 0.531. The van der Waals surface area contributed by atoms with Crippen molar-refractivity contribution in [2.24, 2.45) is 0 Å². The minimum Gasteiger partial charge on any atom is -0.444 e. The molecule has 2 atom stereocenters. The van der Waals surface area contributed by atoms with E-state index in [-0.39, 0.29) is 29.4 Å². The quantitative estimate of drug-likeness (QED) is 0.468. The van der Waals surface area contributed by atoms with Crippen molar-refractivity contribution in [1.82, 2.24) is 14.9 Å². The molecule has 5 heterocycles. The number of fused-ring (bicyclic) bond motifs is 3. The van der Waals surface area contributed by atoms with E-state index < -0.39 is 17.3 Å². The molecule has 36 heavy (non-hydrogen) atoms. The molecule has 1 N–H and O–H groups in total. The van der Waals surface area contributed by atoms with Crippen molar-refractivity contribution in [3.63, 3.8) is 0 Å². The van der Waals surface area contributed by atoms with Crippen molar-refractivity contribution in [3.8, 4) is 17.0 Å². The fraction of sp³-hybridized carbons (Fsp3) is 0.542. The average Bonchev–Trinajstić information content (AvgIpc) is 3.42. The molecule has 8 nitrogen and oxygen atoms in total. The molecule has 3 fully saturated rings. The van der Waals surface area contributed by atoms with Gasteiger partial charge < -0.3 is 19.5 Å². The molecular formula is C24H28F2N4O4S2. The van der Waals surface area contributed by atoms with Crippen LogP contribution in [0.1, 0.15) is 41.0 Å². The highest BCUT2D eigenvalue weighted by atomic mass is 32.1. The van der Waals surface area contributed by atoms with Gasteiger partial charge in [0, 0.05) is 24.0 Å². The van der Waals surface area contributed by atoms with Crippen LogP contribution in [-0.2, 0) is 4.74 Å². The van der Waals surface area contributed by atoms with Gasteiger partial charge in [-0.2, -0.15) is 8.78 Å². The van der Waals surface area contributed by atoms with Gasteiger partial charge in [-0.25, -0.2) is 14.8 Å². The van der Waals surface area contributed by atoms with Crippen LogP contribution in [0.3, 0.4) is 0 Å². The van der Waals surface area contributed by atoms with Crippen LogP contribution >= 0.6 is 22.7 Å². The average molecular weight is 539 g/mol. The van der Waals surface area contributed by atoms with Crippen LogP contribution in [0.2, 0.25) is 0 Å². The molecule has 3 aliphatic rings. The van der Waals surface area contributed by atoms with Gasteiger partial charge in [0.15, 0.2) is 16.5 Å². The molecular weight excluding hydrogens is 510 g/mol. The summed E-state index contributed by atoms with van der Waals surface area (Å²) < 4.78 is 40.5. The van der Waals surface area contributed by atoms with E-state index in [1.54, 1.807) is 16.5 Å². The predicted molar refractivity (Wildman–Crippen MR) is 135 cm³/mol. The van der Waals surface area contributed by atoms with Crippen molar-refractivity contribution in [3.05, 3.63) is 23.0 Å². The molecule has 12 heteroatoms. The first-order valence-corrected chi connectivity index (χ1v) is 13.4. The van der Waals surface area contributed by atoms with Crippen LogP contribution in [-0.4, -0.2) is 68.6 Å². The monoisotopic (exact) mass is 538 g/mol. The SMILES string of the molecule is CC(C)(C)OC(=O)N1C2CC1CN(c1nc3c(OC(F)(F)C(C)(C)O)ccc(-c4cscn4)c3s1)C2. The minimum absolute atomic E-state index is 0.00105. The Hall–Kier alpha value is -2.57. The predicted octanol–water partition coefficient (Wildman–Crippen LogP) is 5.36. The Morgan fingerprint density at radius 2 is 1.86 bits per heavy atom. The second kappa shape index (κ2) is 8.49. The van der Waals surface area contributed by atoms with E-state index in [2.05, 4.69) is 9.88 Å². The third-order valence-corrected chi connectivity index (χ3v) is 7.96. The van der Waals surface area contributed by atoms with E-state index in [0.29, 0.717) is 22.9 Å². The lowest BCUT2D eigenvalue weighted by molar-refractivity contribution is -0.275. The second-order valence-corrected chi connectivity index (χ2v) is 12.4. The number of carbonyl (C=O) groups is 1. The Labute approximate surface area is 215 Å². The minimum atomic E-state index is -3.83. The molecule has 0 aliphatic carbocycles. The summed E-state index contributed by atoms with van der Waals surface area (Å²) in [5, 5.41) is 12.5. The van der Waals surface area contributed by atoms with Gasteiger partial charge in [0.25, 0.3) is 0 Å². The Bertz CT molecular complexity index is 1270. The zero-order chi connectivity index (χ0) is 26.0. The zero-order valence-electron chi connectivity index (χ0n) is 20.6. The number of amides is 1. The molecule has 1 aromatic carbocycles. The van der Waals surface area contributed by atoms with E-state index in [4.69, 9.17) is 14.5 Å². The number of piperidine rings is 1. The molecule has 2 bridgehead atoms. The highest BCUT2D eigenvalue weighted by molar-refractivity contribution is 7.22. The highest BCUT2D eigenvalue weighted by Gasteiger charge is 2.50. The number of anilines is 1. The number of hydrogen-bond donors (Lipinski definition) is 1. The Morgan fingerprint density at radius 3 is 2.44 bits per heavy atom. The number of alkyl halides is 2. The molecule has 2 unspecified atom stereocenters. The van der Waals surface area contributed by atoms with Gasteiger partial charge in [0.1, 0.15) is 11.1 Å². The molecule has 3 saturated heterocycles. The number of nitrogens with zero attached hydrogens (tertiary/aromatic N) is 4. The van der Waals surface area contributed by atoms with Crippen molar-refractivity contribution >= 4 is 44.1 Å². The molecule has 1 amide bonds. The maximum Gasteiger partial charge on any atom is 0.426 e. The van der Waals surface area contributed by atoms with Crippen LogP contribution in [0.25, 0.3) is 21.5 Å². The summed E-state index contributed by atoms with van der Waals surface area (Å²) in [6.45, 7) is 8.65. The van der Waals surface area contributed by atoms with Gasteiger partial charge >= 0.3 is 12.2 Å². The van der Waals surface area contributed by atoms with E-state index in [0.717, 1.165) is 31.5 Å².